The van der Waals surface area contributed by atoms with E-state index in [1.165, 1.54) is 0 Å². The summed E-state index contributed by atoms with van der Waals surface area (Å²) in [5, 5.41) is 9.69. The lowest BCUT2D eigenvalue weighted by Crippen LogP contribution is -2.50. The summed E-state index contributed by atoms with van der Waals surface area (Å²) in [6, 6.07) is 3.30. The van der Waals surface area contributed by atoms with Crippen molar-refractivity contribution in [3.8, 4) is 11.5 Å². The number of likely N-dealkylation sites (tertiary alicyclic amines) is 1. The number of nitrogens with two attached hydrogens (primary N) is 1. The summed E-state index contributed by atoms with van der Waals surface area (Å²) in [7, 11) is -0.606. The van der Waals surface area contributed by atoms with E-state index in [4.69, 9.17) is 14.9 Å². The fourth-order valence-electron chi connectivity index (χ4n) is 5.16. The maximum absolute atomic E-state index is 13.2. The normalized spacial score (nSPS) is 17.7. The molecule has 1 heterocycles. The average molecular weight is 437 g/mol. The standard InChI is InChI=1S/C23H40N2O4Si/c1-15(2)30(16(3)4,17(5)6)29-22-13-20(24)19(12-21(22)28-7)23(27)25-11-9-8-10-18(25)14-26/h12-13,15-18,26H,8-11,14,24H2,1-7H3/t18-/m0/s1. The number of methoxy groups -OCH3 is 1. The van der Waals surface area contributed by atoms with E-state index in [-0.39, 0.29) is 18.6 Å². The molecule has 3 N–H and O–H groups in total. The number of aliphatic hydroxyl groups excluding tert-OH is 1. The Morgan fingerprint density at radius 3 is 2.23 bits per heavy atom. The Morgan fingerprint density at radius 1 is 1.13 bits per heavy atom. The monoisotopic (exact) mass is 436 g/mol. The number of ether oxygens (including phenoxy) is 1. The van der Waals surface area contributed by atoms with Crippen LogP contribution in [0, 0.1) is 0 Å². The van der Waals surface area contributed by atoms with Crippen LogP contribution in [0.2, 0.25) is 16.6 Å². The maximum Gasteiger partial charge on any atom is 0.258 e. The summed E-state index contributed by atoms with van der Waals surface area (Å²) in [5.74, 6) is 0.992. The molecule has 30 heavy (non-hydrogen) atoms. The summed E-state index contributed by atoms with van der Waals surface area (Å²) in [6.07, 6.45) is 2.77. The van der Waals surface area contributed by atoms with E-state index in [2.05, 4.69) is 41.5 Å². The second kappa shape index (κ2) is 10.0. The number of hydrogen-bond acceptors (Lipinski definition) is 5. The van der Waals surface area contributed by atoms with Crippen LogP contribution in [0.5, 0.6) is 11.5 Å². The minimum absolute atomic E-state index is 0.0325. The zero-order valence-electron chi connectivity index (χ0n) is 19.7. The van der Waals surface area contributed by atoms with Gasteiger partial charge >= 0.3 is 0 Å². The van der Waals surface area contributed by atoms with Gasteiger partial charge in [-0.05, 0) is 42.0 Å². The number of hydrogen-bond donors (Lipinski definition) is 2. The van der Waals surface area contributed by atoms with Crippen molar-refractivity contribution in [3.63, 3.8) is 0 Å². The molecule has 0 aliphatic carbocycles. The van der Waals surface area contributed by atoms with Gasteiger partial charge in [-0.1, -0.05) is 41.5 Å². The summed E-state index contributed by atoms with van der Waals surface area (Å²) < 4.78 is 12.4. The Labute approximate surface area is 182 Å². The van der Waals surface area contributed by atoms with Crippen LogP contribution in [0.25, 0.3) is 0 Å². The number of piperidine rings is 1. The molecule has 2 rings (SSSR count). The molecule has 0 bridgehead atoms. The zero-order chi connectivity index (χ0) is 22.6. The van der Waals surface area contributed by atoms with Crippen LogP contribution >= 0.6 is 0 Å². The predicted molar refractivity (Wildman–Crippen MR) is 125 cm³/mol. The molecule has 0 spiro atoms. The van der Waals surface area contributed by atoms with E-state index in [0.717, 1.165) is 19.3 Å². The van der Waals surface area contributed by atoms with Crippen molar-refractivity contribution in [2.75, 3.05) is 26.0 Å². The Hall–Kier alpha value is -1.73. The molecule has 1 fully saturated rings. The van der Waals surface area contributed by atoms with Gasteiger partial charge < -0.3 is 24.9 Å². The van der Waals surface area contributed by atoms with E-state index in [1.807, 2.05) is 0 Å². The van der Waals surface area contributed by atoms with E-state index >= 15 is 0 Å². The smallest absolute Gasteiger partial charge is 0.258 e. The number of aliphatic hydroxyl groups is 1. The van der Waals surface area contributed by atoms with Gasteiger partial charge in [0.1, 0.15) is 5.75 Å². The first kappa shape index (κ1) is 24.5. The molecule has 170 valence electrons. The topological polar surface area (TPSA) is 85.0 Å². The van der Waals surface area contributed by atoms with Gasteiger partial charge in [-0.25, -0.2) is 0 Å². The van der Waals surface area contributed by atoms with Crippen molar-refractivity contribution in [1.29, 1.82) is 0 Å². The fraction of sp³-hybridized carbons (Fsp3) is 0.696. The summed E-state index contributed by atoms with van der Waals surface area (Å²) >= 11 is 0. The molecule has 7 heteroatoms. The van der Waals surface area contributed by atoms with Gasteiger partial charge in [-0.2, -0.15) is 0 Å². The molecule has 6 nitrogen and oxygen atoms in total. The lowest BCUT2D eigenvalue weighted by molar-refractivity contribution is 0.0503. The third-order valence-electron chi connectivity index (χ3n) is 6.66. The molecule has 1 saturated heterocycles. The van der Waals surface area contributed by atoms with Crippen molar-refractivity contribution in [2.24, 2.45) is 0 Å². The van der Waals surface area contributed by atoms with Gasteiger partial charge in [0.15, 0.2) is 5.75 Å². The fourth-order valence-corrected chi connectivity index (χ4v) is 10.4. The highest BCUT2D eigenvalue weighted by Crippen LogP contribution is 2.45. The maximum atomic E-state index is 13.2. The number of amides is 1. The van der Waals surface area contributed by atoms with Gasteiger partial charge in [-0.3, -0.25) is 4.79 Å². The average Bonchev–Trinajstić information content (AvgIpc) is 2.70. The van der Waals surface area contributed by atoms with Gasteiger partial charge in [0, 0.05) is 18.3 Å². The molecule has 0 radical (unpaired) electrons. The predicted octanol–water partition coefficient (Wildman–Crippen LogP) is 4.82. The highest BCUT2D eigenvalue weighted by Gasteiger charge is 2.47. The Kier molecular flexibility index (Phi) is 8.22. The quantitative estimate of drug-likeness (QED) is 0.451. The van der Waals surface area contributed by atoms with Crippen LogP contribution in [-0.2, 0) is 0 Å². The minimum Gasteiger partial charge on any atom is -0.540 e. The molecule has 0 saturated carbocycles. The molecule has 1 amide bonds. The third-order valence-corrected chi connectivity index (χ3v) is 12.6. The number of carbonyl (C=O) groups excluding carboxylic acids is 1. The first-order chi connectivity index (χ1) is 14.1. The SMILES string of the molecule is COc1cc(C(=O)N2CCCC[C@H]2CO)c(N)cc1O[Si](C(C)C)(C(C)C)C(C)C. The number of rotatable bonds is 8. The second-order valence-corrected chi connectivity index (χ2v) is 14.7. The van der Waals surface area contributed by atoms with Crippen molar-refractivity contribution in [3.05, 3.63) is 17.7 Å². The Morgan fingerprint density at radius 2 is 1.73 bits per heavy atom. The minimum atomic E-state index is -2.20. The van der Waals surface area contributed by atoms with Gasteiger partial charge in [0.05, 0.1) is 25.3 Å². The van der Waals surface area contributed by atoms with E-state index in [9.17, 15) is 9.90 Å². The van der Waals surface area contributed by atoms with Crippen molar-refractivity contribution in [2.45, 2.75) is 83.5 Å². The van der Waals surface area contributed by atoms with Crippen LogP contribution in [0.4, 0.5) is 5.69 Å². The summed E-state index contributed by atoms with van der Waals surface area (Å²) in [4.78, 5) is 15.0. The molecular weight excluding hydrogens is 396 g/mol. The Balaban J connectivity index is 2.46. The molecule has 1 aliphatic heterocycles. The molecule has 1 atom stereocenters. The van der Waals surface area contributed by atoms with Crippen LogP contribution in [-0.4, -0.2) is 50.5 Å². The van der Waals surface area contributed by atoms with E-state index in [1.54, 1.807) is 24.1 Å². The highest BCUT2D eigenvalue weighted by molar-refractivity contribution is 6.78. The molecule has 1 aromatic carbocycles. The number of anilines is 1. The van der Waals surface area contributed by atoms with Crippen LogP contribution in [0.3, 0.4) is 0 Å². The van der Waals surface area contributed by atoms with Gasteiger partial charge in [0.2, 0.25) is 0 Å². The first-order valence-electron chi connectivity index (χ1n) is 11.2. The molecule has 0 unspecified atom stereocenters. The van der Waals surface area contributed by atoms with E-state index in [0.29, 0.717) is 45.9 Å². The number of nitrogens with zero attached hydrogens (tertiary/aromatic N) is 1. The number of nitrogen functional groups attached to an aromatic ring is 1. The lowest BCUT2D eigenvalue weighted by Gasteiger charge is -2.42. The molecular formula is C23H40N2O4Si. The second-order valence-electron chi connectivity index (χ2n) is 9.34. The zero-order valence-corrected chi connectivity index (χ0v) is 20.7. The van der Waals surface area contributed by atoms with Crippen LogP contribution < -0.4 is 14.9 Å². The van der Waals surface area contributed by atoms with Crippen molar-refractivity contribution in [1.82, 2.24) is 4.90 Å². The first-order valence-corrected chi connectivity index (χ1v) is 13.3. The largest absolute Gasteiger partial charge is 0.540 e. The third kappa shape index (κ3) is 4.62. The van der Waals surface area contributed by atoms with Crippen molar-refractivity contribution >= 4 is 19.9 Å². The van der Waals surface area contributed by atoms with Crippen LogP contribution in [0.15, 0.2) is 12.1 Å². The lowest BCUT2D eigenvalue weighted by atomic mass is 10.0. The Bertz CT molecular complexity index is 714. The number of carbonyl (C=O) groups is 1. The molecule has 1 aliphatic rings. The summed E-state index contributed by atoms with van der Waals surface area (Å²) in [5.41, 5.74) is 8.37. The molecule has 0 aromatic heterocycles. The van der Waals surface area contributed by atoms with Crippen molar-refractivity contribution < 1.29 is 19.1 Å². The van der Waals surface area contributed by atoms with Gasteiger partial charge in [0.25, 0.3) is 14.2 Å². The van der Waals surface area contributed by atoms with Crippen LogP contribution in [0.1, 0.15) is 71.2 Å². The molecule has 1 aromatic rings. The summed E-state index contributed by atoms with van der Waals surface area (Å²) in [6.45, 7) is 14.0. The van der Waals surface area contributed by atoms with Gasteiger partial charge in [-0.15, -0.1) is 0 Å². The highest BCUT2D eigenvalue weighted by atomic mass is 28.4. The number of benzene rings is 1. The van der Waals surface area contributed by atoms with E-state index < -0.39 is 8.32 Å².